The van der Waals surface area contributed by atoms with Gasteiger partial charge in [0.15, 0.2) is 0 Å². The number of hydrogen-bond donors (Lipinski definition) is 1. The van der Waals surface area contributed by atoms with E-state index in [1.807, 2.05) is 0 Å². The Labute approximate surface area is 82.9 Å². The van der Waals surface area contributed by atoms with Crippen LogP contribution < -0.4 is 10.5 Å². The molecule has 0 atom stereocenters. The normalized spacial score (nSPS) is 9.07. The molecular formula is C11H12FNO. The molecule has 0 aromatic heterocycles. The molecule has 0 saturated heterocycles. The van der Waals surface area contributed by atoms with Crippen LogP contribution >= 0.6 is 0 Å². The molecule has 0 aliphatic carbocycles. The van der Waals surface area contributed by atoms with Gasteiger partial charge in [-0.15, -0.1) is 0 Å². The van der Waals surface area contributed by atoms with Crippen LogP contribution in [0.3, 0.4) is 0 Å². The van der Waals surface area contributed by atoms with Crippen molar-refractivity contribution in [1.29, 1.82) is 0 Å². The molecule has 14 heavy (non-hydrogen) atoms. The van der Waals surface area contributed by atoms with Gasteiger partial charge in [0.1, 0.15) is 11.6 Å². The van der Waals surface area contributed by atoms with Crippen molar-refractivity contribution >= 4 is 0 Å². The van der Waals surface area contributed by atoms with E-state index < -0.39 is 0 Å². The molecule has 2 N–H and O–H groups in total. The molecular weight excluding hydrogens is 181 g/mol. The molecule has 1 aromatic rings. The van der Waals surface area contributed by atoms with Crippen LogP contribution in [0, 0.1) is 17.7 Å². The molecule has 1 aromatic carbocycles. The Balaban J connectivity index is 2.87. The fourth-order valence-electron chi connectivity index (χ4n) is 1.12. The lowest BCUT2D eigenvalue weighted by Gasteiger charge is -2.04. The second-order valence-corrected chi connectivity index (χ2v) is 2.69. The Morgan fingerprint density at radius 1 is 1.43 bits per heavy atom. The van der Waals surface area contributed by atoms with Crippen LogP contribution in [0.5, 0.6) is 5.75 Å². The van der Waals surface area contributed by atoms with E-state index in [4.69, 9.17) is 10.5 Å². The summed E-state index contributed by atoms with van der Waals surface area (Å²) in [6.45, 7) is 0.317. The smallest absolute Gasteiger partial charge is 0.123 e. The lowest BCUT2D eigenvalue weighted by molar-refractivity contribution is 0.409. The predicted molar refractivity (Wildman–Crippen MR) is 53.5 cm³/mol. The Hall–Kier alpha value is -1.53. The van der Waals surface area contributed by atoms with Gasteiger partial charge in [-0.2, -0.15) is 0 Å². The third kappa shape index (κ3) is 2.75. The minimum absolute atomic E-state index is 0.282. The van der Waals surface area contributed by atoms with Gasteiger partial charge >= 0.3 is 0 Å². The zero-order valence-corrected chi connectivity index (χ0v) is 8.01. The van der Waals surface area contributed by atoms with Crippen LogP contribution in [0.2, 0.25) is 0 Å². The fourth-order valence-corrected chi connectivity index (χ4v) is 1.12. The molecule has 0 saturated carbocycles. The summed E-state index contributed by atoms with van der Waals surface area (Å²) in [7, 11) is 1.55. The fraction of sp³-hybridized carbons (Fsp3) is 0.273. The van der Waals surface area contributed by atoms with Gasteiger partial charge < -0.3 is 10.5 Å². The standard InChI is InChI=1S/C11H12FNO/c1-14-11-6-5-10(12)8-9(11)4-2-3-7-13/h5-6,8H,4,7,13H2,1H3. The minimum atomic E-state index is -0.282. The molecule has 0 unspecified atom stereocenters. The van der Waals surface area contributed by atoms with Crippen LogP contribution in [0.1, 0.15) is 5.56 Å². The van der Waals surface area contributed by atoms with Gasteiger partial charge in [0, 0.05) is 12.0 Å². The highest BCUT2D eigenvalue weighted by atomic mass is 19.1. The lowest BCUT2D eigenvalue weighted by Crippen LogP contribution is -1.95. The first-order valence-electron chi connectivity index (χ1n) is 4.26. The van der Waals surface area contributed by atoms with E-state index in [9.17, 15) is 4.39 Å². The first-order chi connectivity index (χ1) is 6.77. The summed E-state index contributed by atoms with van der Waals surface area (Å²) in [4.78, 5) is 0. The number of halogens is 1. The molecule has 2 nitrogen and oxygen atoms in total. The summed E-state index contributed by atoms with van der Waals surface area (Å²) in [6, 6.07) is 4.37. The lowest BCUT2D eigenvalue weighted by atomic mass is 10.1. The molecule has 0 radical (unpaired) electrons. The van der Waals surface area contributed by atoms with E-state index in [1.165, 1.54) is 12.1 Å². The number of benzene rings is 1. The van der Waals surface area contributed by atoms with Crippen molar-refractivity contribution in [3.63, 3.8) is 0 Å². The second-order valence-electron chi connectivity index (χ2n) is 2.69. The van der Waals surface area contributed by atoms with Crippen LogP contribution in [-0.2, 0) is 6.42 Å². The number of ether oxygens (including phenoxy) is 1. The zero-order chi connectivity index (χ0) is 10.4. The molecule has 1 rings (SSSR count). The van der Waals surface area contributed by atoms with E-state index in [2.05, 4.69) is 11.8 Å². The van der Waals surface area contributed by atoms with Crippen molar-refractivity contribution in [2.45, 2.75) is 6.42 Å². The van der Waals surface area contributed by atoms with E-state index in [1.54, 1.807) is 13.2 Å². The van der Waals surface area contributed by atoms with Crippen molar-refractivity contribution in [3.05, 3.63) is 29.6 Å². The van der Waals surface area contributed by atoms with Gasteiger partial charge in [0.05, 0.1) is 13.7 Å². The summed E-state index contributed by atoms with van der Waals surface area (Å²) < 4.78 is 17.9. The summed E-state index contributed by atoms with van der Waals surface area (Å²) in [5.41, 5.74) is 5.96. The maximum atomic E-state index is 12.9. The summed E-state index contributed by atoms with van der Waals surface area (Å²) >= 11 is 0. The quantitative estimate of drug-likeness (QED) is 0.719. The molecule has 0 amide bonds. The third-order valence-corrected chi connectivity index (χ3v) is 1.75. The van der Waals surface area contributed by atoms with Gasteiger partial charge in [0.25, 0.3) is 0 Å². The van der Waals surface area contributed by atoms with Gasteiger partial charge in [-0.1, -0.05) is 11.8 Å². The summed E-state index contributed by atoms with van der Waals surface area (Å²) in [5.74, 6) is 5.92. The van der Waals surface area contributed by atoms with E-state index in [-0.39, 0.29) is 5.82 Å². The second kappa shape index (κ2) is 5.25. The zero-order valence-electron chi connectivity index (χ0n) is 8.01. The number of hydrogen-bond acceptors (Lipinski definition) is 2. The third-order valence-electron chi connectivity index (χ3n) is 1.75. The van der Waals surface area contributed by atoms with E-state index >= 15 is 0 Å². The average Bonchev–Trinajstić information content (AvgIpc) is 2.19. The number of methoxy groups -OCH3 is 1. The first kappa shape index (κ1) is 10.6. The first-order valence-corrected chi connectivity index (χ1v) is 4.26. The van der Waals surface area contributed by atoms with Gasteiger partial charge in [0.2, 0.25) is 0 Å². The van der Waals surface area contributed by atoms with Gasteiger partial charge in [-0.3, -0.25) is 0 Å². The Morgan fingerprint density at radius 2 is 2.21 bits per heavy atom. The van der Waals surface area contributed by atoms with Crippen LogP contribution in [0.15, 0.2) is 18.2 Å². The molecule has 0 aliphatic heterocycles. The molecule has 0 aliphatic rings. The highest BCUT2D eigenvalue weighted by Crippen LogP contribution is 2.19. The molecule has 3 heteroatoms. The van der Waals surface area contributed by atoms with Crippen LogP contribution in [0.4, 0.5) is 4.39 Å². The highest BCUT2D eigenvalue weighted by molar-refractivity contribution is 5.36. The summed E-state index contributed by atoms with van der Waals surface area (Å²) in [6.07, 6.45) is 0.456. The molecule has 0 fully saturated rings. The Morgan fingerprint density at radius 3 is 2.86 bits per heavy atom. The highest BCUT2D eigenvalue weighted by Gasteiger charge is 2.02. The van der Waals surface area contributed by atoms with Crippen molar-refractivity contribution in [3.8, 4) is 17.6 Å². The number of rotatable bonds is 2. The molecule has 74 valence electrons. The largest absolute Gasteiger partial charge is 0.496 e. The van der Waals surface area contributed by atoms with Crippen molar-refractivity contribution in [1.82, 2.24) is 0 Å². The Kier molecular flexibility index (Phi) is 3.96. The topological polar surface area (TPSA) is 35.2 Å². The van der Waals surface area contributed by atoms with Crippen molar-refractivity contribution < 1.29 is 9.13 Å². The average molecular weight is 193 g/mol. The number of nitrogens with two attached hydrogens (primary N) is 1. The van der Waals surface area contributed by atoms with Gasteiger partial charge in [-0.05, 0) is 18.2 Å². The monoisotopic (exact) mass is 193 g/mol. The van der Waals surface area contributed by atoms with Crippen LogP contribution in [0.25, 0.3) is 0 Å². The summed E-state index contributed by atoms with van der Waals surface area (Å²) in [5, 5.41) is 0. The maximum Gasteiger partial charge on any atom is 0.123 e. The van der Waals surface area contributed by atoms with Crippen molar-refractivity contribution in [2.24, 2.45) is 5.73 Å². The van der Waals surface area contributed by atoms with Crippen LogP contribution in [-0.4, -0.2) is 13.7 Å². The molecule has 0 bridgehead atoms. The predicted octanol–water partition coefficient (Wildman–Crippen LogP) is 1.34. The van der Waals surface area contributed by atoms with E-state index in [0.717, 1.165) is 5.56 Å². The Bertz CT molecular complexity index is 365. The van der Waals surface area contributed by atoms with E-state index in [0.29, 0.717) is 18.7 Å². The SMILES string of the molecule is COc1ccc(F)cc1CC#CCN. The maximum absolute atomic E-state index is 12.9. The molecule has 0 spiro atoms. The van der Waals surface area contributed by atoms with Gasteiger partial charge in [-0.25, -0.2) is 4.39 Å². The van der Waals surface area contributed by atoms with Crippen molar-refractivity contribution in [2.75, 3.05) is 13.7 Å². The molecule has 0 heterocycles. The minimum Gasteiger partial charge on any atom is -0.496 e.